The summed E-state index contributed by atoms with van der Waals surface area (Å²) in [5, 5.41) is 8.49. The highest BCUT2D eigenvalue weighted by Crippen LogP contribution is 2.34. The van der Waals surface area contributed by atoms with Gasteiger partial charge in [0.05, 0.1) is 37.1 Å². The van der Waals surface area contributed by atoms with Crippen molar-refractivity contribution >= 4 is 16.0 Å². The molecule has 0 aromatic heterocycles. The molecule has 1 aliphatic heterocycles. The molecule has 0 aromatic carbocycles. The second-order valence-electron chi connectivity index (χ2n) is 5.71. The fourth-order valence-electron chi connectivity index (χ4n) is 3.21. The first-order chi connectivity index (χ1) is 9.90. The van der Waals surface area contributed by atoms with Gasteiger partial charge in [0.15, 0.2) is 0 Å². The molecule has 2 rings (SSSR count). The number of rotatable bonds is 4. The third kappa shape index (κ3) is 3.39. The van der Waals surface area contributed by atoms with E-state index in [1.807, 2.05) is 0 Å². The van der Waals surface area contributed by atoms with E-state index >= 15 is 0 Å². The van der Waals surface area contributed by atoms with E-state index < -0.39 is 33.3 Å². The molecule has 8 heteroatoms. The molecule has 1 heterocycles. The number of morpholine rings is 1. The number of carbonyl (C=O) groups is 1. The first-order valence-electron chi connectivity index (χ1n) is 7.23. The molecule has 0 spiro atoms. The molecule has 0 aromatic rings. The van der Waals surface area contributed by atoms with Gasteiger partial charge in [0.1, 0.15) is 0 Å². The zero-order valence-corrected chi connectivity index (χ0v) is 13.2. The number of ether oxygens (including phenoxy) is 2. The molecule has 0 bridgehead atoms. The van der Waals surface area contributed by atoms with E-state index in [-0.39, 0.29) is 25.8 Å². The molecular formula is C13H23NO6S. The molecule has 1 saturated carbocycles. The van der Waals surface area contributed by atoms with Gasteiger partial charge in [-0.15, -0.1) is 0 Å². The molecule has 2 aliphatic rings. The SMILES string of the molecule is COC(=O)C1CCCC1S(=O)(=O)N1CC(C)OC(CO)C1. The van der Waals surface area contributed by atoms with E-state index in [1.165, 1.54) is 11.4 Å². The second-order valence-corrected chi connectivity index (χ2v) is 7.86. The molecule has 0 amide bonds. The van der Waals surface area contributed by atoms with Crippen LogP contribution in [0.1, 0.15) is 26.2 Å². The van der Waals surface area contributed by atoms with Crippen molar-refractivity contribution in [2.24, 2.45) is 5.92 Å². The normalized spacial score (nSPS) is 34.8. The van der Waals surface area contributed by atoms with Gasteiger partial charge in [-0.1, -0.05) is 6.42 Å². The van der Waals surface area contributed by atoms with Crippen LogP contribution in [0.5, 0.6) is 0 Å². The summed E-state index contributed by atoms with van der Waals surface area (Å²) < 4.78 is 37.2. The lowest BCUT2D eigenvalue weighted by molar-refractivity contribution is -0.145. The Bertz CT molecular complexity index is 479. The maximum Gasteiger partial charge on any atom is 0.310 e. The van der Waals surface area contributed by atoms with Crippen molar-refractivity contribution in [1.29, 1.82) is 0 Å². The molecule has 4 unspecified atom stereocenters. The summed E-state index contributed by atoms with van der Waals surface area (Å²) in [5.74, 6) is -1.05. The quantitative estimate of drug-likeness (QED) is 0.717. The van der Waals surface area contributed by atoms with Gasteiger partial charge in [-0.2, -0.15) is 4.31 Å². The van der Waals surface area contributed by atoms with Gasteiger partial charge < -0.3 is 14.6 Å². The summed E-state index contributed by atoms with van der Waals surface area (Å²) in [6, 6.07) is 0. The summed E-state index contributed by atoms with van der Waals surface area (Å²) >= 11 is 0. The molecule has 1 aliphatic carbocycles. The van der Waals surface area contributed by atoms with Crippen LogP contribution in [0, 0.1) is 5.92 Å². The van der Waals surface area contributed by atoms with Crippen LogP contribution in [0.4, 0.5) is 0 Å². The van der Waals surface area contributed by atoms with Crippen molar-refractivity contribution in [3.63, 3.8) is 0 Å². The minimum atomic E-state index is -3.60. The Morgan fingerprint density at radius 1 is 1.38 bits per heavy atom. The molecule has 0 radical (unpaired) electrons. The molecule has 1 N–H and O–H groups in total. The average molecular weight is 321 g/mol. The Labute approximate surface area is 125 Å². The molecule has 122 valence electrons. The summed E-state index contributed by atoms with van der Waals surface area (Å²) in [5.41, 5.74) is 0. The van der Waals surface area contributed by atoms with Gasteiger partial charge >= 0.3 is 5.97 Å². The third-order valence-electron chi connectivity index (χ3n) is 4.20. The number of sulfonamides is 1. The van der Waals surface area contributed by atoms with Crippen LogP contribution in [-0.2, 0) is 24.3 Å². The smallest absolute Gasteiger partial charge is 0.310 e. The van der Waals surface area contributed by atoms with Crippen molar-refractivity contribution in [2.45, 2.75) is 43.6 Å². The number of aliphatic hydroxyl groups is 1. The first-order valence-corrected chi connectivity index (χ1v) is 8.73. The van der Waals surface area contributed by atoms with E-state index in [9.17, 15) is 18.3 Å². The highest BCUT2D eigenvalue weighted by Gasteiger charge is 2.46. The van der Waals surface area contributed by atoms with Crippen LogP contribution in [0.15, 0.2) is 0 Å². The van der Waals surface area contributed by atoms with Crippen molar-refractivity contribution < 1.29 is 27.8 Å². The first kappa shape index (κ1) is 16.7. The number of methoxy groups -OCH3 is 1. The van der Waals surface area contributed by atoms with E-state index in [1.54, 1.807) is 6.92 Å². The largest absolute Gasteiger partial charge is 0.469 e. The van der Waals surface area contributed by atoms with Crippen molar-refractivity contribution in [3.05, 3.63) is 0 Å². The van der Waals surface area contributed by atoms with Crippen molar-refractivity contribution in [3.8, 4) is 0 Å². The Morgan fingerprint density at radius 2 is 2.10 bits per heavy atom. The fraction of sp³-hybridized carbons (Fsp3) is 0.923. The van der Waals surface area contributed by atoms with Crippen LogP contribution in [0.25, 0.3) is 0 Å². The van der Waals surface area contributed by atoms with Crippen LogP contribution in [0.3, 0.4) is 0 Å². The number of hydrogen-bond acceptors (Lipinski definition) is 6. The topological polar surface area (TPSA) is 93.1 Å². The van der Waals surface area contributed by atoms with Gasteiger partial charge in [0.2, 0.25) is 10.0 Å². The van der Waals surface area contributed by atoms with Crippen LogP contribution >= 0.6 is 0 Å². The van der Waals surface area contributed by atoms with Crippen LogP contribution in [-0.4, -0.2) is 68.1 Å². The maximum absolute atomic E-state index is 12.8. The Hall–Kier alpha value is -0.700. The number of aliphatic hydroxyl groups excluding tert-OH is 1. The average Bonchev–Trinajstić information content (AvgIpc) is 2.95. The Morgan fingerprint density at radius 3 is 2.71 bits per heavy atom. The van der Waals surface area contributed by atoms with Gasteiger partial charge in [-0.05, 0) is 19.8 Å². The predicted octanol–water partition coefficient (Wildman–Crippen LogP) is -0.260. The highest BCUT2D eigenvalue weighted by atomic mass is 32.2. The number of nitrogens with zero attached hydrogens (tertiary/aromatic N) is 1. The molecule has 1 saturated heterocycles. The molecule has 7 nitrogen and oxygen atoms in total. The lowest BCUT2D eigenvalue weighted by Crippen LogP contribution is -2.53. The van der Waals surface area contributed by atoms with Gasteiger partial charge in [-0.3, -0.25) is 4.79 Å². The number of hydrogen-bond donors (Lipinski definition) is 1. The molecular weight excluding hydrogens is 298 g/mol. The zero-order valence-electron chi connectivity index (χ0n) is 12.4. The minimum absolute atomic E-state index is 0.133. The number of esters is 1. The monoisotopic (exact) mass is 321 g/mol. The van der Waals surface area contributed by atoms with Gasteiger partial charge in [0.25, 0.3) is 0 Å². The van der Waals surface area contributed by atoms with Crippen LogP contribution < -0.4 is 0 Å². The number of carbonyl (C=O) groups excluding carboxylic acids is 1. The summed E-state index contributed by atoms with van der Waals surface area (Å²) in [7, 11) is -2.32. The highest BCUT2D eigenvalue weighted by molar-refractivity contribution is 7.89. The summed E-state index contributed by atoms with van der Waals surface area (Å²) in [6.45, 7) is 1.94. The maximum atomic E-state index is 12.8. The summed E-state index contributed by atoms with van der Waals surface area (Å²) in [4.78, 5) is 11.8. The van der Waals surface area contributed by atoms with Crippen molar-refractivity contribution in [2.75, 3.05) is 26.8 Å². The molecule has 4 atom stereocenters. The van der Waals surface area contributed by atoms with E-state index in [2.05, 4.69) is 0 Å². The zero-order chi connectivity index (χ0) is 15.6. The second kappa shape index (κ2) is 6.60. The standard InChI is InChI=1S/C13H23NO6S/c1-9-6-14(7-10(8-15)20-9)21(17,18)12-5-3-4-11(12)13(16)19-2/h9-12,15H,3-8H2,1-2H3. The fourth-order valence-corrected chi connectivity index (χ4v) is 5.51. The van der Waals surface area contributed by atoms with E-state index in [4.69, 9.17) is 9.47 Å². The Kier molecular flexibility index (Phi) is 5.24. The van der Waals surface area contributed by atoms with Gasteiger partial charge in [0, 0.05) is 13.1 Å². The Balaban J connectivity index is 2.18. The minimum Gasteiger partial charge on any atom is -0.469 e. The van der Waals surface area contributed by atoms with Crippen LogP contribution in [0.2, 0.25) is 0 Å². The van der Waals surface area contributed by atoms with Crippen molar-refractivity contribution in [1.82, 2.24) is 4.31 Å². The van der Waals surface area contributed by atoms with E-state index in [0.717, 1.165) is 0 Å². The third-order valence-corrected chi connectivity index (χ3v) is 6.54. The molecule has 2 fully saturated rings. The van der Waals surface area contributed by atoms with Gasteiger partial charge in [-0.25, -0.2) is 8.42 Å². The summed E-state index contributed by atoms with van der Waals surface area (Å²) in [6.07, 6.45) is 0.926. The predicted molar refractivity (Wildman–Crippen MR) is 75.1 cm³/mol. The lowest BCUT2D eigenvalue weighted by atomic mass is 10.1. The van der Waals surface area contributed by atoms with E-state index in [0.29, 0.717) is 19.3 Å². The molecule has 21 heavy (non-hydrogen) atoms. The lowest BCUT2D eigenvalue weighted by Gasteiger charge is -2.37.